The smallest absolute Gasteiger partial charge is 0.0783 e. The summed E-state index contributed by atoms with van der Waals surface area (Å²) in [5.74, 6) is 3.21. The number of likely N-dealkylation sites (N-methyl/N-ethyl adjacent to an activating group) is 1. The van der Waals surface area contributed by atoms with Crippen LogP contribution in [0.4, 0.5) is 0 Å². The van der Waals surface area contributed by atoms with Crippen molar-refractivity contribution in [1.82, 2.24) is 5.32 Å². The van der Waals surface area contributed by atoms with Crippen molar-refractivity contribution in [3.8, 4) is 0 Å². The van der Waals surface area contributed by atoms with Crippen molar-refractivity contribution in [2.24, 2.45) is 5.92 Å². The van der Waals surface area contributed by atoms with E-state index in [2.05, 4.69) is 55.3 Å². The summed E-state index contributed by atoms with van der Waals surface area (Å²) >= 11 is 2.06. The molecule has 3 heteroatoms. The van der Waals surface area contributed by atoms with Gasteiger partial charge in [-0.1, -0.05) is 29.8 Å². The van der Waals surface area contributed by atoms with Crippen molar-refractivity contribution >= 4 is 11.8 Å². The van der Waals surface area contributed by atoms with Gasteiger partial charge < -0.3 is 10.1 Å². The second-order valence-electron chi connectivity index (χ2n) is 6.67. The first-order valence-corrected chi connectivity index (χ1v) is 9.31. The Labute approximate surface area is 133 Å². The van der Waals surface area contributed by atoms with Gasteiger partial charge in [0.15, 0.2) is 0 Å². The fraction of sp³-hybridized carbons (Fsp3) is 0.667. The van der Waals surface area contributed by atoms with Crippen molar-refractivity contribution in [2.45, 2.75) is 44.2 Å². The Morgan fingerprint density at radius 3 is 2.86 bits per heavy atom. The molecule has 3 unspecified atom stereocenters. The lowest BCUT2D eigenvalue weighted by molar-refractivity contribution is -0.0847. The van der Waals surface area contributed by atoms with Gasteiger partial charge in [0.2, 0.25) is 0 Å². The van der Waals surface area contributed by atoms with Gasteiger partial charge in [-0.05, 0) is 56.9 Å². The maximum atomic E-state index is 6.17. The van der Waals surface area contributed by atoms with Gasteiger partial charge in [-0.3, -0.25) is 0 Å². The summed E-state index contributed by atoms with van der Waals surface area (Å²) in [6, 6.07) is 9.57. The van der Waals surface area contributed by atoms with Gasteiger partial charge in [0.1, 0.15) is 0 Å². The van der Waals surface area contributed by atoms with E-state index in [1.807, 2.05) is 0 Å². The van der Waals surface area contributed by atoms with E-state index in [4.69, 9.17) is 4.74 Å². The van der Waals surface area contributed by atoms with Crippen LogP contribution in [-0.2, 0) is 11.2 Å². The molecule has 0 aliphatic carbocycles. The monoisotopic (exact) mass is 305 g/mol. The Morgan fingerprint density at radius 1 is 1.38 bits per heavy atom. The minimum atomic E-state index is 0.190. The van der Waals surface area contributed by atoms with Crippen LogP contribution in [-0.4, -0.2) is 36.8 Å². The molecular weight excluding hydrogens is 278 g/mol. The van der Waals surface area contributed by atoms with Crippen molar-refractivity contribution in [3.63, 3.8) is 0 Å². The fourth-order valence-electron chi connectivity index (χ4n) is 3.75. The predicted molar refractivity (Wildman–Crippen MR) is 91.1 cm³/mol. The first-order chi connectivity index (χ1) is 10.2. The van der Waals surface area contributed by atoms with E-state index in [9.17, 15) is 0 Å². The largest absolute Gasteiger partial charge is 0.374 e. The van der Waals surface area contributed by atoms with Gasteiger partial charge in [-0.2, -0.15) is 11.8 Å². The van der Waals surface area contributed by atoms with Crippen LogP contribution in [0.5, 0.6) is 0 Å². The first kappa shape index (κ1) is 15.4. The Balaban J connectivity index is 1.66. The Bertz CT molecular complexity index is 453. The van der Waals surface area contributed by atoms with E-state index in [-0.39, 0.29) is 5.60 Å². The Morgan fingerprint density at radius 2 is 2.19 bits per heavy atom. The molecule has 0 radical (unpaired) electrons. The Kier molecular flexibility index (Phi) is 4.92. The van der Waals surface area contributed by atoms with Gasteiger partial charge in [0.05, 0.1) is 5.60 Å². The van der Waals surface area contributed by atoms with Gasteiger partial charge >= 0.3 is 0 Å². The van der Waals surface area contributed by atoms with Crippen LogP contribution in [0.25, 0.3) is 0 Å². The zero-order valence-corrected chi connectivity index (χ0v) is 14.0. The lowest BCUT2D eigenvalue weighted by atomic mass is 9.79. The summed E-state index contributed by atoms with van der Waals surface area (Å²) in [6.07, 6.45) is 4.81. The van der Waals surface area contributed by atoms with Crippen molar-refractivity contribution in [1.29, 1.82) is 0 Å². The average molecular weight is 305 g/mol. The molecule has 2 fully saturated rings. The van der Waals surface area contributed by atoms with E-state index >= 15 is 0 Å². The fourth-order valence-corrected chi connectivity index (χ4v) is 5.13. The van der Waals surface area contributed by atoms with Crippen molar-refractivity contribution < 1.29 is 4.74 Å². The summed E-state index contributed by atoms with van der Waals surface area (Å²) < 4.78 is 6.17. The molecule has 1 aromatic rings. The zero-order valence-electron chi connectivity index (χ0n) is 13.2. The minimum Gasteiger partial charge on any atom is -0.374 e. The molecule has 3 rings (SSSR count). The topological polar surface area (TPSA) is 21.3 Å². The highest BCUT2D eigenvalue weighted by Crippen LogP contribution is 2.41. The Hall–Kier alpha value is -0.510. The number of rotatable bonds is 4. The van der Waals surface area contributed by atoms with Crippen LogP contribution in [0.15, 0.2) is 24.3 Å². The highest BCUT2D eigenvalue weighted by Gasteiger charge is 2.42. The molecule has 0 saturated carbocycles. The maximum absolute atomic E-state index is 6.17. The van der Waals surface area contributed by atoms with Gasteiger partial charge in [0.25, 0.3) is 0 Å². The molecule has 1 N–H and O–H groups in total. The molecule has 0 bridgehead atoms. The quantitative estimate of drug-likeness (QED) is 0.921. The third kappa shape index (κ3) is 3.64. The van der Waals surface area contributed by atoms with E-state index in [1.165, 1.54) is 41.9 Å². The molecule has 1 spiro atoms. The predicted octanol–water partition coefficient (Wildman–Crippen LogP) is 3.43. The number of nitrogens with one attached hydrogen (secondary N) is 1. The van der Waals surface area contributed by atoms with Gasteiger partial charge in [-0.25, -0.2) is 0 Å². The second kappa shape index (κ2) is 6.72. The molecule has 2 nitrogen and oxygen atoms in total. The highest BCUT2D eigenvalue weighted by molar-refractivity contribution is 7.99. The van der Waals surface area contributed by atoms with Crippen LogP contribution < -0.4 is 5.32 Å². The molecule has 2 aliphatic rings. The molecule has 2 heterocycles. The standard InChI is InChI=1S/C18H27NOS/c1-14-3-5-15(6-4-14)11-17(19-2)16-7-9-20-18(12-16)8-10-21-13-18/h3-6,16-17,19H,7-13H2,1-2H3. The van der Waals surface area contributed by atoms with Crippen LogP contribution >= 0.6 is 11.8 Å². The lowest BCUT2D eigenvalue weighted by Gasteiger charge is -2.41. The van der Waals surface area contributed by atoms with E-state index in [0.717, 1.165) is 18.9 Å². The number of hydrogen-bond donors (Lipinski definition) is 1. The highest BCUT2D eigenvalue weighted by atomic mass is 32.2. The van der Waals surface area contributed by atoms with Crippen molar-refractivity contribution in [3.05, 3.63) is 35.4 Å². The van der Waals surface area contributed by atoms with Crippen LogP contribution in [0.2, 0.25) is 0 Å². The van der Waals surface area contributed by atoms with Gasteiger partial charge in [-0.15, -0.1) is 0 Å². The average Bonchev–Trinajstić information content (AvgIpc) is 2.94. The number of thioether (sulfide) groups is 1. The summed E-state index contributed by atoms with van der Waals surface area (Å²) in [6.45, 7) is 3.09. The molecule has 1 aromatic carbocycles. The molecule has 2 aliphatic heterocycles. The zero-order chi connectivity index (χ0) is 14.7. The normalized spacial score (nSPS) is 30.7. The van der Waals surface area contributed by atoms with Crippen LogP contribution in [0.1, 0.15) is 30.4 Å². The minimum absolute atomic E-state index is 0.190. The van der Waals surface area contributed by atoms with E-state index < -0.39 is 0 Å². The van der Waals surface area contributed by atoms with Crippen LogP contribution in [0, 0.1) is 12.8 Å². The van der Waals surface area contributed by atoms with Crippen molar-refractivity contribution in [2.75, 3.05) is 25.2 Å². The number of benzene rings is 1. The van der Waals surface area contributed by atoms with Crippen LogP contribution in [0.3, 0.4) is 0 Å². The third-order valence-corrected chi connectivity index (χ3v) is 6.34. The van der Waals surface area contributed by atoms with Gasteiger partial charge in [0, 0.05) is 18.4 Å². The summed E-state index contributed by atoms with van der Waals surface area (Å²) in [5.41, 5.74) is 2.98. The molecular formula is C18H27NOS. The first-order valence-electron chi connectivity index (χ1n) is 8.15. The lowest BCUT2D eigenvalue weighted by Crippen LogP contribution is -2.47. The molecule has 0 amide bonds. The van der Waals surface area contributed by atoms with E-state index in [1.54, 1.807) is 0 Å². The molecule has 21 heavy (non-hydrogen) atoms. The SMILES string of the molecule is CNC(Cc1ccc(C)cc1)C1CCOC2(CCSC2)C1. The second-order valence-corrected chi connectivity index (χ2v) is 7.78. The number of ether oxygens (including phenoxy) is 1. The third-order valence-electron chi connectivity index (χ3n) is 5.11. The summed E-state index contributed by atoms with van der Waals surface area (Å²) in [4.78, 5) is 0. The number of aryl methyl sites for hydroxylation is 1. The van der Waals surface area contributed by atoms with E-state index in [0.29, 0.717) is 6.04 Å². The molecule has 0 aromatic heterocycles. The molecule has 2 saturated heterocycles. The summed E-state index contributed by atoms with van der Waals surface area (Å²) in [5, 5.41) is 3.58. The summed E-state index contributed by atoms with van der Waals surface area (Å²) in [7, 11) is 2.12. The maximum Gasteiger partial charge on any atom is 0.0783 e. The molecule has 3 atom stereocenters. The number of hydrogen-bond acceptors (Lipinski definition) is 3. The molecule has 116 valence electrons.